The van der Waals surface area contributed by atoms with Gasteiger partial charge in [0.05, 0.1) is 18.8 Å². The number of nitrogens with one attached hydrogen (secondary N) is 2. The lowest BCUT2D eigenvalue weighted by Gasteiger charge is -2.36. The van der Waals surface area contributed by atoms with E-state index in [-0.39, 0.29) is 54.2 Å². The van der Waals surface area contributed by atoms with E-state index < -0.39 is 0 Å². The van der Waals surface area contributed by atoms with Crippen LogP contribution in [0.5, 0.6) is 0 Å². The minimum absolute atomic E-state index is 0. The van der Waals surface area contributed by atoms with Gasteiger partial charge in [0.2, 0.25) is 11.8 Å². The number of amides is 2. The molecule has 0 radical (unpaired) electrons. The van der Waals surface area contributed by atoms with Crippen LogP contribution < -0.4 is 16.4 Å². The van der Waals surface area contributed by atoms with Crippen LogP contribution in [0.25, 0.3) is 0 Å². The number of carbonyl (C=O) groups excluding carboxylic acids is 2. The van der Waals surface area contributed by atoms with Crippen LogP contribution in [0.3, 0.4) is 0 Å². The summed E-state index contributed by atoms with van der Waals surface area (Å²) in [7, 11) is 1.59. The fourth-order valence-electron chi connectivity index (χ4n) is 2.89. The summed E-state index contributed by atoms with van der Waals surface area (Å²) in [6, 6.07) is 0.119. The Morgan fingerprint density at radius 2 is 1.81 bits per heavy atom. The Bertz CT molecular complexity index is 429. The highest BCUT2D eigenvalue weighted by Crippen LogP contribution is 2.26. The molecule has 0 aromatic carbocycles. The first kappa shape index (κ1) is 25.1. The van der Waals surface area contributed by atoms with Gasteiger partial charge in [-0.1, -0.05) is 13.8 Å². The number of hydrogen-bond donors (Lipinski definition) is 3. The van der Waals surface area contributed by atoms with Crippen LogP contribution in [0, 0.1) is 11.8 Å². The molecule has 0 spiro atoms. The quantitative estimate of drug-likeness (QED) is 0.484. The fraction of sp³-hybridized carbons (Fsp3) is 0.889. The molecule has 0 aliphatic heterocycles. The zero-order valence-corrected chi connectivity index (χ0v) is 17.3. The van der Waals surface area contributed by atoms with Crippen molar-refractivity contribution in [1.29, 1.82) is 0 Å². The number of carbonyl (C=O) groups is 2. The molecule has 0 aromatic rings. The average Bonchev–Trinajstić information content (AvgIpc) is 2.59. The van der Waals surface area contributed by atoms with Crippen molar-refractivity contribution in [2.75, 3.05) is 33.5 Å². The second-order valence-electron chi connectivity index (χ2n) is 7.43. The first-order valence-corrected chi connectivity index (χ1v) is 9.20. The van der Waals surface area contributed by atoms with E-state index in [4.69, 9.17) is 15.2 Å². The van der Waals surface area contributed by atoms with Crippen LogP contribution in [0.4, 0.5) is 0 Å². The van der Waals surface area contributed by atoms with Gasteiger partial charge < -0.3 is 25.8 Å². The minimum Gasteiger partial charge on any atom is -0.382 e. The van der Waals surface area contributed by atoms with Gasteiger partial charge in [0.15, 0.2) is 0 Å². The van der Waals surface area contributed by atoms with Crippen LogP contribution in [0.2, 0.25) is 0 Å². The van der Waals surface area contributed by atoms with Crippen molar-refractivity contribution in [2.24, 2.45) is 17.6 Å². The molecule has 4 N–H and O–H groups in total. The van der Waals surface area contributed by atoms with Gasteiger partial charge in [-0.15, -0.1) is 12.4 Å². The maximum Gasteiger partial charge on any atom is 0.246 e. The predicted octanol–water partition coefficient (Wildman–Crippen LogP) is 1.24. The van der Waals surface area contributed by atoms with Gasteiger partial charge in [0.1, 0.15) is 6.61 Å². The highest BCUT2D eigenvalue weighted by Gasteiger charge is 2.33. The van der Waals surface area contributed by atoms with Crippen molar-refractivity contribution in [2.45, 2.75) is 58.0 Å². The highest BCUT2D eigenvalue weighted by atomic mass is 35.5. The highest BCUT2D eigenvalue weighted by molar-refractivity contribution is 5.85. The van der Waals surface area contributed by atoms with E-state index in [2.05, 4.69) is 24.5 Å². The van der Waals surface area contributed by atoms with Gasteiger partial charge in [-0.25, -0.2) is 0 Å². The molecule has 2 amide bonds. The Kier molecular flexibility index (Phi) is 12.1. The maximum absolute atomic E-state index is 12.5. The number of halogens is 1. The van der Waals surface area contributed by atoms with E-state index in [1.807, 2.05) is 6.92 Å². The second-order valence-corrected chi connectivity index (χ2v) is 7.43. The van der Waals surface area contributed by atoms with Gasteiger partial charge in [0.25, 0.3) is 0 Å². The monoisotopic (exact) mass is 393 g/mol. The molecule has 1 unspecified atom stereocenters. The van der Waals surface area contributed by atoms with Gasteiger partial charge >= 0.3 is 0 Å². The zero-order chi connectivity index (χ0) is 18.9. The van der Waals surface area contributed by atoms with Crippen LogP contribution >= 0.6 is 12.4 Å². The summed E-state index contributed by atoms with van der Waals surface area (Å²) in [6.45, 7) is 7.48. The molecule has 26 heavy (non-hydrogen) atoms. The van der Waals surface area contributed by atoms with Gasteiger partial charge in [-0.3, -0.25) is 9.59 Å². The number of hydrogen-bond acceptors (Lipinski definition) is 5. The molecule has 0 aromatic heterocycles. The first-order chi connectivity index (χ1) is 11.8. The topological polar surface area (TPSA) is 103 Å². The van der Waals surface area contributed by atoms with E-state index >= 15 is 0 Å². The summed E-state index contributed by atoms with van der Waals surface area (Å²) in [4.78, 5) is 24.3. The lowest BCUT2D eigenvalue weighted by Crippen LogP contribution is -2.56. The fourth-order valence-corrected chi connectivity index (χ4v) is 2.89. The molecule has 0 bridgehead atoms. The normalized spacial score (nSPS) is 22.2. The molecule has 154 valence electrons. The van der Waals surface area contributed by atoms with Crippen molar-refractivity contribution < 1.29 is 19.1 Å². The summed E-state index contributed by atoms with van der Waals surface area (Å²) < 4.78 is 10.1. The first-order valence-electron chi connectivity index (χ1n) is 9.20. The lowest BCUT2D eigenvalue weighted by molar-refractivity contribution is -0.128. The maximum atomic E-state index is 12.5. The molecule has 1 fully saturated rings. The van der Waals surface area contributed by atoms with Crippen molar-refractivity contribution in [3.8, 4) is 0 Å². The second kappa shape index (κ2) is 12.5. The molecule has 0 saturated heterocycles. The number of nitrogens with two attached hydrogens (primary N) is 1. The van der Waals surface area contributed by atoms with Crippen molar-refractivity contribution in [3.63, 3.8) is 0 Å². The third kappa shape index (κ3) is 8.20. The molecule has 1 saturated carbocycles. The van der Waals surface area contributed by atoms with Crippen LogP contribution in [-0.2, 0) is 19.1 Å². The Labute approximate surface area is 163 Å². The van der Waals surface area contributed by atoms with E-state index in [0.29, 0.717) is 19.8 Å². The van der Waals surface area contributed by atoms with Crippen molar-refractivity contribution in [1.82, 2.24) is 10.6 Å². The summed E-state index contributed by atoms with van der Waals surface area (Å²) in [5, 5.41) is 6.10. The van der Waals surface area contributed by atoms with Crippen LogP contribution in [-0.4, -0.2) is 56.9 Å². The van der Waals surface area contributed by atoms with Gasteiger partial charge in [0, 0.05) is 25.6 Å². The molecule has 0 heterocycles. The largest absolute Gasteiger partial charge is 0.382 e. The van der Waals surface area contributed by atoms with E-state index in [1.165, 1.54) is 0 Å². The van der Waals surface area contributed by atoms with E-state index in [1.54, 1.807) is 7.11 Å². The molecule has 1 rings (SSSR count). The third-order valence-corrected chi connectivity index (χ3v) is 5.24. The average molecular weight is 394 g/mol. The molecule has 1 aliphatic rings. The van der Waals surface area contributed by atoms with Gasteiger partial charge in [-0.2, -0.15) is 0 Å². The van der Waals surface area contributed by atoms with Gasteiger partial charge in [-0.05, 0) is 38.5 Å². The van der Waals surface area contributed by atoms with Crippen LogP contribution in [0.15, 0.2) is 0 Å². The van der Waals surface area contributed by atoms with Crippen LogP contribution in [0.1, 0.15) is 46.5 Å². The minimum atomic E-state index is -0.373. The molecular formula is C18H36ClN3O4. The smallest absolute Gasteiger partial charge is 0.246 e. The third-order valence-electron chi connectivity index (χ3n) is 5.24. The lowest BCUT2D eigenvalue weighted by atomic mass is 9.83. The molecular weight excluding hydrogens is 358 g/mol. The molecule has 8 heteroatoms. The molecule has 1 aliphatic carbocycles. The summed E-state index contributed by atoms with van der Waals surface area (Å²) in [5.74, 6) is 0.236. The van der Waals surface area contributed by atoms with Crippen molar-refractivity contribution >= 4 is 24.2 Å². The van der Waals surface area contributed by atoms with Crippen molar-refractivity contribution in [3.05, 3.63) is 0 Å². The Morgan fingerprint density at radius 1 is 1.19 bits per heavy atom. The number of methoxy groups -OCH3 is 1. The molecule has 7 nitrogen and oxygen atoms in total. The van der Waals surface area contributed by atoms with E-state index in [0.717, 1.165) is 25.7 Å². The molecule has 1 atom stereocenters. The Morgan fingerprint density at radius 3 is 2.31 bits per heavy atom. The summed E-state index contributed by atoms with van der Waals surface area (Å²) >= 11 is 0. The SMILES string of the molecule is COCCOCC(=O)NC1CCC(C(=O)NC(C)(CN)C(C)C)CC1.Cl. The number of rotatable bonds is 10. The van der Waals surface area contributed by atoms with E-state index in [9.17, 15) is 9.59 Å². The zero-order valence-electron chi connectivity index (χ0n) is 16.5. The Balaban J connectivity index is 0.00000625. The number of ether oxygens (including phenoxy) is 2. The Hall–Kier alpha value is -0.890. The standard InChI is InChI=1S/C18H35N3O4.ClH/c1-13(2)18(3,12-19)21-17(23)14-5-7-15(8-6-14)20-16(22)11-25-10-9-24-4;/h13-15H,5-12,19H2,1-4H3,(H,20,22)(H,21,23);1H. The summed E-state index contributed by atoms with van der Waals surface area (Å²) in [6.07, 6.45) is 3.17. The predicted molar refractivity (Wildman–Crippen MR) is 104 cm³/mol. The summed E-state index contributed by atoms with van der Waals surface area (Å²) in [5.41, 5.74) is 5.47.